The lowest BCUT2D eigenvalue weighted by atomic mass is 10.2. The van der Waals surface area contributed by atoms with Gasteiger partial charge in [0.1, 0.15) is 12.4 Å². The fourth-order valence-electron chi connectivity index (χ4n) is 2.79. The van der Waals surface area contributed by atoms with Crippen molar-refractivity contribution in [2.45, 2.75) is 32.7 Å². The largest absolute Gasteiger partial charge is 0.491 e. The zero-order chi connectivity index (χ0) is 20.6. The highest BCUT2D eigenvalue weighted by atomic mass is 32.2. The van der Waals surface area contributed by atoms with Crippen LogP contribution >= 0.6 is 0 Å². The summed E-state index contributed by atoms with van der Waals surface area (Å²) in [7, 11) is -3.40. The number of nitrogens with one attached hydrogen (secondary N) is 1. The number of amides is 1. The molecule has 0 fully saturated rings. The van der Waals surface area contributed by atoms with Crippen LogP contribution in [-0.2, 0) is 14.8 Å². The molecule has 2 aromatic rings. The maximum absolute atomic E-state index is 12.2. The van der Waals surface area contributed by atoms with Crippen LogP contribution < -0.4 is 14.4 Å². The number of para-hydroxylation sites is 2. The number of hydrogen-bond acceptors (Lipinski definition) is 4. The zero-order valence-corrected chi connectivity index (χ0v) is 17.4. The minimum Gasteiger partial charge on any atom is -0.491 e. The Hall–Kier alpha value is -2.54. The molecule has 0 heterocycles. The van der Waals surface area contributed by atoms with Crippen LogP contribution in [0.1, 0.15) is 25.3 Å². The van der Waals surface area contributed by atoms with Gasteiger partial charge in [0.25, 0.3) is 0 Å². The van der Waals surface area contributed by atoms with Gasteiger partial charge in [-0.2, -0.15) is 0 Å². The van der Waals surface area contributed by atoms with Gasteiger partial charge in [0.05, 0.1) is 18.0 Å². The average Bonchev–Trinajstić information content (AvgIpc) is 2.64. The van der Waals surface area contributed by atoms with Gasteiger partial charge < -0.3 is 10.1 Å². The van der Waals surface area contributed by atoms with Gasteiger partial charge in [-0.1, -0.05) is 36.4 Å². The van der Waals surface area contributed by atoms with Crippen LogP contribution in [-0.4, -0.2) is 39.8 Å². The number of carbonyl (C=O) groups is 1. The monoisotopic (exact) mass is 404 g/mol. The van der Waals surface area contributed by atoms with E-state index in [-0.39, 0.29) is 24.9 Å². The highest BCUT2D eigenvalue weighted by molar-refractivity contribution is 7.92. The molecule has 0 saturated carbocycles. The molecule has 0 aliphatic rings. The third-order valence-electron chi connectivity index (χ3n) is 4.20. The molecule has 0 aliphatic carbocycles. The van der Waals surface area contributed by atoms with E-state index in [1.165, 1.54) is 10.6 Å². The molecular formula is C21H28N2O4S. The number of anilines is 1. The SMILES string of the molecule is Cc1ccccc1OC[C@H](C)NC(=O)CCCN(c1ccccc1)S(C)(=O)=O. The quantitative estimate of drug-likeness (QED) is 0.660. The first-order valence-electron chi connectivity index (χ1n) is 9.28. The Kier molecular flexibility index (Phi) is 7.87. The number of hydrogen-bond donors (Lipinski definition) is 1. The van der Waals surface area contributed by atoms with Crippen molar-refractivity contribution in [2.24, 2.45) is 0 Å². The van der Waals surface area contributed by atoms with E-state index < -0.39 is 10.0 Å². The second-order valence-corrected chi connectivity index (χ2v) is 8.73. The summed E-state index contributed by atoms with van der Waals surface area (Å²) in [5.41, 5.74) is 1.65. The third-order valence-corrected chi connectivity index (χ3v) is 5.39. The molecule has 1 amide bonds. The van der Waals surface area contributed by atoms with Crippen LogP contribution in [0, 0.1) is 6.92 Å². The fraction of sp³-hybridized carbons (Fsp3) is 0.381. The van der Waals surface area contributed by atoms with E-state index in [2.05, 4.69) is 5.32 Å². The number of ether oxygens (including phenoxy) is 1. The summed E-state index contributed by atoms with van der Waals surface area (Å²) >= 11 is 0. The van der Waals surface area contributed by atoms with Crippen LogP contribution in [0.2, 0.25) is 0 Å². The molecule has 0 aromatic heterocycles. The predicted molar refractivity (Wildman–Crippen MR) is 112 cm³/mol. The number of sulfonamides is 1. The molecule has 0 aliphatic heterocycles. The molecule has 0 unspecified atom stereocenters. The molecule has 0 radical (unpaired) electrons. The first-order chi connectivity index (χ1) is 13.3. The lowest BCUT2D eigenvalue weighted by Gasteiger charge is -2.22. The Balaban J connectivity index is 1.78. The third kappa shape index (κ3) is 6.88. The molecule has 0 saturated heterocycles. The van der Waals surface area contributed by atoms with Crippen LogP contribution in [0.15, 0.2) is 54.6 Å². The Morgan fingerprint density at radius 3 is 2.39 bits per heavy atom. The van der Waals surface area contributed by atoms with Crippen molar-refractivity contribution in [1.82, 2.24) is 5.32 Å². The van der Waals surface area contributed by atoms with Crippen molar-refractivity contribution in [1.29, 1.82) is 0 Å². The highest BCUT2D eigenvalue weighted by Crippen LogP contribution is 2.18. The van der Waals surface area contributed by atoms with E-state index in [9.17, 15) is 13.2 Å². The summed E-state index contributed by atoms with van der Waals surface area (Å²) in [6, 6.07) is 16.5. The second kappa shape index (κ2) is 10.1. The molecule has 0 spiro atoms. The average molecular weight is 405 g/mol. The van der Waals surface area contributed by atoms with E-state index in [0.29, 0.717) is 18.7 Å². The van der Waals surface area contributed by atoms with Crippen molar-refractivity contribution in [3.63, 3.8) is 0 Å². The van der Waals surface area contributed by atoms with Gasteiger partial charge in [-0.05, 0) is 44.0 Å². The first kappa shape index (κ1) is 21.8. The molecule has 2 rings (SSSR count). The van der Waals surface area contributed by atoms with Gasteiger partial charge in [-0.15, -0.1) is 0 Å². The number of benzene rings is 2. The molecule has 1 N–H and O–H groups in total. The minimum atomic E-state index is -3.40. The standard InChI is InChI=1S/C21H28N2O4S/c1-17-10-7-8-13-20(17)27-16-18(2)22-21(24)14-9-15-23(28(3,25)26)19-11-5-4-6-12-19/h4-8,10-13,18H,9,14-16H2,1-3H3,(H,22,24)/t18-/m0/s1. The maximum atomic E-state index is 12.2. The van der Waals surface area contributed by atoms with Gasteiger partial charge in [0, 0.05) is 13.0 Å². The number of rotatable bonds is 10. The van der Waals surface area contributed by atoms with Gasteiger partial charge >= 0.3 is 0 Å². The zero-order valence-electron chi connectivity index (χ0n) is 16.6. The summed E-state index contributed by atoms with van der Waals surface area (Å²) in [6.07, 6.45) is 1.85. The topological polar surface area (TPSA) is 75.7 Å². The smallest absolute Gasteiger partial charge is 0.232 e. The summed E-state index contributed by atoms with van der Waals surface area (Å²) in [4.78, 5) is 12.2. The van der Waals surface area contributed by atoms with Gasteiger partial charge in [0.15, 0.2) is 0 Å². The van der Waals surface area contributed by atoms with E-state index >= 15 is 0 Å². The van der Waals surface area contributed by atoms with Crippen LogP contribution in [0.25, 0.3) is 0 Å². The molecule has 6 nitrogen and oxygen atoms in total. The normalized spacial score (nSPS) is 12.2. The Labute approximate surface area is 167 Å². The molecule has 7 heteroatoms. The molecule has 152 valence electrons. The van der Waals surface area contributed by atoms with E-state index in [0.717, 1.165) is 11.3 Å². The highest BCUT2D eigenvalue weighted by Gasteiger charge is 2.17. The number of carbonyl (C=O) groups excluding carboxylic acids is 1. The Morgan fingerprint density at radius 1 is 1.11 bits per heavy atom. The molecule has 28 heavy (non-hydrogen) atoms. The lowest BCUT2D eigenvalue weighted by molar-refractivity contribution is -0.121. The fourth-order valence-corrected chi connectivity index (χ4v) is 3.75. The van der Waals surface area contributed by atoms with Crippen molar-refractivity contribution in [3.05, 3.63) is 60.2 Å². The van der Waals surface area contributed by atoms with Gasteiger partial charge in [-0.3, -0.25) is 9.10 Å². The maximum Gasteiger partial charge on any atom is 0.232 e. The lowest BCUT2D eigenvalue weighted by Crippen LogP contribution is -2.37. The minimum absolute atomic E-state index is 0.123. The molecule has 0 bridgehead atoms. The number of aryl methyl sites for hydroxylation is 1. The Morgan fingerprint density at radius 2 is 1.75 bits per heavy atom. The van der Waals surface area contributed by atoms with Gasteiger partial charge in [0.2, 0.25) is 15.9 Å². The van der Waals surface area contributed by atoms with Gasteiger partial charge in [-0.25, -0.2) is 8.42 Å². The first-order valence-corrected chi connectivity index (χ1v) is 11.1. The van der Waals surface area contributed by atoms with Crippen molar-refractivity contribution >= 4 is 21.6 Å². The molecule has 2 aromatic carbocycles. The summed E-state index contributed by atoms with van der Waals surface area (Å²) in [6.45, 7) is 4.47. The Bertz CT molecular complexity index is 869. The van der Waals surface area contributed by atoms with E-state index in [4.69, 9.17) is 4.74 Å². The van der Waals surface area contributed by atoms with Crippen molar-refractivity contribution in [3.8, 4) is 5.75 Å². The van der Waals surface area contributed by atoms with Crippen molar-refractivity contribution < 1.29 is 17.9 Å². The van der Waals surface area contributed by atoms with Crippen molar-refractivity contribution in [2.75, 3.05) is 23.7 Å². The second-order valence-electron chi connectivity index (χ2n) is 6.82. The number of nitrogens with zero attached hydrogens (tertiary/aromatic N) is 1. The summed E-state index contributed by atoms with van der Waals surface area (Å²) in [5, 5.41) is 2.89. The summed E-state index contributed by atoms with van der Waals surface area (Å²) in [5.74, 6) is 0.678. The predicted octanol–water partition coefficient (Wildman–Crippen LogP) is 3.12. The van der Waals surface area contributed by atoms with Crippen LogP contribution in [0.4, 0.5) is 5.69 Å². The molecule has 1 atom stereocenters. The summed E-state index contributed by atoms with van der Waals surface area (Å²) < 4.78 is 31.2. The van der Waals surface area contributed by atoms with E-state index in [1.807, 2.05) is 44.2 Å². The molecular weight excluding hydrogens is 376 g/mol. The van der Waals surface area contributed by atoms with Crippen LogP contribution in [0.5, 0.6) is 5.75 Å². The van der Waals surface area contributed by atoms with E-state index in [1.54, 1.807) is 24.3 Å². The van der Waals surface area contributed by atoms with Crippen LogP contribution in [0.3, 0.4) is 0 Å².